The zero-order valence-electron chi connectivity index (χ0n) is 7.84. The molecule has 0 aliphatic heterocycles. The van der Waals surface area contributed by atoms with E-state index in [1.165, 1.54) is 6.08 Å². The van der Waals surface area contributed by atoms with Crippen molar-refractivity contribution >= 4 is 10.1 Å². The van der Waals surface area contributed by atoms with Gasteiger partial charge in [0.15, 0.2) is 0 Å². The molecule has 0 aromatic heterocycles. The molecule has 0 saturated heterocycles. The van der Waals surface area contributed by atoms with Crippen LogP contribution in [-0.2, 0) is 10.1 Å². The second-order valence-corrected chi connectivity index (χ2v) is 4.62. The standard InChI is InChI=1S/C10H12O3S/c1-3-10(14(11,12)13)9-6-4-5-8(2)7-9/h3-7,10H,1H2,2H3,(H,11,12,13)/t10-/m1/s1. The second-order valence-electron chi connectivity index (χ2n) is 3.09. The summed E-state index contributed by atoms with van der Waals surface area (Å²) in [7, 11) is -4.10. The molecular formula is C10H12O3S. The van der Waals surface area contributed by atoms with Crippen molar-refractivity contribution in [2.75, 3.05) is 0 Å². The summed E-state index contributed by atoms with van der Waals surface area (Å²) in [5.74, 6) is 0. The minimum Gasteiger partial charge on any atom is -0.285 e. The quantitative estimate of drug-likeness (QED) is 0.616. The summed E-state index contributed by atoms with van der Waals surface area (Å²) in [6, 6.07) is 6.95. The van der Waals surface area contributed by atoms with Gasteiger partial charge in [-0.2, -0.15) is 8.42 Å². The molecule has 4 heteroatoms. The van der Waals surface area contributed by atoms with Crippen molar-refractivity contribution < 1.29 is 13.0 Å². The number of aryl methyl sites for hydroxylation is 1. The van der Waals surface area contributed by atoms with Gasteiger partial charge in [0.25, 0.3) is 10.1 Å². The van der Waals surface area contributed by atoms with Crippen molar-refractivity contribution in [2.24, 2.45) is 0 Å². The average Bonchev–Trinajstić information content (AvgIpc) is 2.02. The first-order valence-corrected chi connectivity index (χ1v) is 5.61. The van der Waals surface area contributed by atoms with Gasteiger partial charge in [-0.15, -0.1) is 6.58 Å². The van der Waals surface area contributed by atoms with E-state index in [1.54, 1.807) is 18.2 Å². The van der Waals surface area contributed by atoms with Gasteiger partial charge in [-0.3, -0.25) is 4.55 Å². The monoisotopic (exact) mass is 212 g/mol. The third kappa shape index (κ3) is 2.43. The Bertz CT molecular complexity index is 434. The van der Waals surface area contributed by atoms with Crippen LogP contribution in [0, 0.1) is 6.92 Å². The molecule has 0 amide bonds. The highest BCUT2D eigenvalue weighted by Gasteiger charge is 2.21. The van der Waals surface area contributed by atoms with Crippen molar-refractivity contribution in [3.05, 3.63) is 48.0 Å². The van der Waals surface area contributed by atoms with Crippen molar-refractivity contribution in [1.29, 1.82) is 0 Å². The zero-order chi connectivity index (χ0) is 10.8. The summed E-state index contributed by atoms with van der Waals surface area (Å²) in [6.07, 6.45) is 1.21. The molecule has 1 atom stereocenters. The maximum Gasteiger partial charge on any atom is 0.275 e. The molecule has 1 aromatic rings. The maximum absolute atomic E-state index is 11.0. The van der Waals surface area contributed by atoms with Crippen LogP contribution in [0.3, 0.4) is 0 Å². The first kappa shape index (κ1) is 10.9. The van der Waals surface area contributed by atoms with E-state index in [0.29, 0.717) is 5.56 Å². The summed E-state index contributed by atoms with van der Waals surface area (Å²) in [6.45, 7) is 5.25. The summed E-state index contributed by atoms with van der Waals surface area (Å²) in [4.78, 5) is 0. The molecular weight excluding hydrogens is 200 g/mol. The Balaban J connectivity index is 3.21. The molecule has 14 heavy (non-hydrogen) atoms. The van der Waals surface area contributed by atoms with Crippen molar-refractivity contribution in [3.63, 3.8) is 0 Å². The van der Waals surface area contributed by atoms with Crippen LogP contribution in [0.25, 0.3) is 0 Å². The van der Waals surface area contributed by atoms with Crippen molar-refractivity contribution in [1.82, 2.24) is 0 Å². The number of hydrogen-bond donors (Lipinski definition) is 1. The molecule has 0 radical (unpaired) electrons. The largest absolute Gasteiger partial charge is 0.285 e. The normalized spacial score (nSPS) is 13.6. The Morgan fingerprint density at radius 1 is 1.50 bits per heavy atom. The van der Waals surface area contributed by atoms with Crippen LogP contribution in [0.1, 0.15) is 16.4 Å². The fourth-order valence-electron chi connectivity index (χ4n) is 1.28. The second kappa shape index (κ2) is 3.94. The summed E-state index contributed by atoms with van der Waals surface area (Å²) in [5.41, 5.74) is 1.47. The molecule has 0 aliphatic rings. The fraction of sp³-hybridized carbons (Fsp3) is 0.200. The first-order valence-electron chi connectivity index (χ1n) is 4.10. The van der Waals surface area contributed by atoms with Gasteiger partial charge < -0.3 is 0 Å². The Morgan fingerprint density at radius 3 is 2.57 bits per heavy atom. The highest BCUT2D eigenvalue weighted by molar-refractivity contribution is 7.86. The Morgan fingerprint density at radius 2 is 2.14 bits per heavy atom. The van der Waals surface area contributed by atoms with E-state index in [1.807, 2.05) is 13.0 Å². The Kier molecular flexibility index (Phi) is 3.08. The number of hydrogen-bond acceptors (Lipinski definition) is 2. The fourth-order valence-corrected chi connectivity index (χ4v) is 2.01. The van der Waals surface area contributed by atoms with Gasteiger partial charge in [-0.25, -0.2) is 0 Å². The highest BCUT2D eigenvalue weighted by Crippen LogP contribution is 2.22. The molecule has 0 bridgehead atoms. The highest BCUT2D eigenvalue weighted by atomic mass is 32.2. The van der Waals surface area contributed by atoms with E-state index in [0.717, 1.165) is 5.56 Å². The minimum absolute atomic E-state index is 0.530. The van der Waals surface area contributed by atoms with Crippen LogP contribution in [0.5, 0.6) is 0 Å². The van der Waals surface area contributed by atoms with E-state index in [4.69, 9.17) is 4.55 Å². The molecule has 1 rings (SSSR count). The summed E-state index contributed by atoms with van der Waals surface area (Å²) in [5, 5.41) is -1.04. The maximum atomic E-state index is 11.0. The van der Waals surface area contributed by atoms with Crippen LogP contribution < -0.4 is 0 Å². The molecule has 1 aromatic carbocycles. The zero-order valence-corrected chi connectivity index (χ0v) is 8.66. The van der Waals surface area contributed by atoms with Gasteiger partial charge in [0.2, 0.25) is 0 Å². The lowest BCUT2D eigenvalue weighted by Crippen LogP contribution is -2.09. The van der Waals surface area contributed by atoms with Crippen LogP contribution in [0.4, 0.5) is 0 Å². The van der Waals surface area contributed by atoms with E-state index in [9.17, 15) is 8.42 Å². The van der Waals surface area contributed by atoms with Gasteiger partial charge in [-0.1, -0.05) is 35.9 Å². The van der Waals surface area contributed by atoms with Crippen LogP contribution in [-0.4, -0.2) is 13.0 Å². The van der Waals surface area contributed by atoms with Crippen molar-refractivity contribution in [2.45, 2.75) is 12.2 Å². The van der Waals surface area contributed by atoms with E-state index in [2.05, 4.69) is 6.58 Å². The molecule has 0 spiro atoms. The molecule has 1 N–H and O–H groups in total. The van der Waals surface area contributed by atoms with Gasteiger partial charge >= 0.3 is 0 Å². The molecule has 0 saturated carbocycles. The predicted octanol–water partition coefficient (Wildman–Crippen LogP) is 2.11. The number of rotatable bonds is 3. The van der Waals surface area contributed by atoms with Crippen LogP contribution in [0.15, 0.2) is 36.9 Å². The first-order chi connectivity index (χ1) is 6.45. The van der Waals surface area contributed by atoms with E-state index >= 15 is 0 Å². The topological polar surface area (TPSA) is 54.4 Å². The molecule has 76 valence electrons. The lowest BCUT2D eigenvalue weighted by Gasteiger charge is -2.09. The Hall–Kier alpha value is -1.13. The van der Waals surface area contributed by atoms with Crippen LogP contribution in [0.2, 0.25) is 0 Å². The molecule has 0 aliphatic carbocycles. The third-order valence-electron chi connectivity index (χ3n) is 1.91. The van der Waals surface area contributed by atoms with Gasteiger partial charge in [-0.05, 0) is 12.5 Å². The lowest BCUT2D eigenvalue weighted by molar-refractivity contribution is 0.476. The molecule has 3 nitrogen and oxygen atoms in total. The smallest absolute Gasteiger partial charge is 0.275 e. The summed E-state index contributed by atoms with van der Waals surface area (Å²) >= 11 is 0. The molecule has 0 heterocycles. The Labute approximate surface area is 83.8 Å². The minimum atomic E-state index is -4.10. The molecule has 0 fully saturated rings. The third-order valence-corrected chi connectivity index (χ3v) is 3.01. The van der Waals surface area contributed by atoms with Gasteiger partial charge in [0.05, 0.1) is 0 Å². The van der Waals surface area contributed by atoms with Gasteiger partial charge in [0, 0.05) is 0 Å². The molecule has 0 unspecified atom stereocenters. The predicted molar refractivity (Wildman–Crippen MR) is 55.7 cm³/mol. The van der Waals surface area contributed by atoms with Gasteiger partial charge in [0.1, 0.15) is 5.25 Å². The lowest BCUT2D eigenvalue weighted by atomic mass is 10.1. The van der Waals surface area contributed by atoms with Crippen LogP contribution >= 0.6 is 0 Å². The van der Waals surface area contributed by atoms with E-state index in [-0.39, 0.29) is 0 Å². The average molecular weight is 212 g/mol. The summed E-state index contributed by atoms with van der Waals surface area (Å²) < 4.78 is 30.8. The van der Waals surface area contributed by atoms with E-state index < -0.39 is 15.4 Å². The SMILES string of the molecule is C=C[C@H](c1cccc(C)c1)S(=O)(=O)O. The van der Waals surface area contributed by atoms with Crippen molar-refractivity contribution in [3.8, 4) is 0 Å². The number of benzene rings is 1.